The zero-order valence-electron chi connectivity index (χ0n) is 13.2. The summed E-state index contributed by atoms with van der Waals surface area (Å²) in [6.07, 6.45) is 3.58. The van der Waals surface area contributed by atoms with Crippen LogP contribution in [0.15, 0.2) is 28.7 Å². The van der Waals surface area contributed by atoms with E-state index in [1.807, 2.05) is 0 Å². The van der Waals surface area contributed by atoms with E-state index in [4.69, 9.17) is 9.31 Å². The van der Waals surface area contributed by atoms with Crippen molar-refractivity contribution >= 4 is 23.0 Å². The summed E-state index contributed by atoms with van der Waals surface area (Å²) in [5, 5.41) is 0.250. The van der Waals surface area contributed by atoms with E-state index in [1.165, 1.54) is 29.3 Å². The van der Waals surface area contributed by atoms with Gasteiger partial charge in [-0.2, -0.15) is 0 Å². The van der Waals surface area contributed by atoms with Crippen molar-refractivity contribution in [2.45, 2.75) is 68.9 Å². The summed E-state index contributed by atoms with van der Waals surface area (Å²) in [4.78, 5) is 0. The summed E-state index contributed by atoms with van der Waals surface area (Å²) in [5.41, 5.74) is 1.40. The lowest BCUT2D eigenvalue weighted by Crippen LogP contribution is -2.66. The van der Waals surface area contributed by atoms with Gasteiger partial charge in [-0.25, -0.2) is 0 Å². The predicted molar refractivity (Wildman–Crippen MR) is 88.4 cm³/mol. The van der Waals surface area contributed by atoms with Crippen molar-refractivity contribution in [1.82, 2.24) is 0 Å². The van der Waals surface area contributed by atoms with E-state index in [0.29, 0.717) is 5.41 Å². The molecule has 4 aliphatic rings. The van der Waals surface area contributed by atoms with Crippen LogP contribution >= 0.6 is 15.9 Å². The molecule has 4 fully saturated rings. The quantitative estimate of drug-likeness (QED) is 0.720. The first-order valence-corrected chi connectivity index (χ1v) is 8.60. The van der Waals surface area contributed by atoms with Crippen molar-refractivity contribution in [2.75, 3.05) is 0 Å². The van der Waals surface area contributed by atoms with E-state index in [-0.39, 0.29) is 23.6 Å². The van der Waals surface area contributed by atoms with Gasteiger partial charge in [0.05, 0.1) is 11.2 Å². The Bertz CT molecular complexity index is 575. The molecule has 0 aromatic heterocycles. The van der Waals surface area contributed by atoms with Gasteiger partial charge < -0.3 is 9.31 Å². The van der Waals surface area contributed by atoms with Crippen LogP contribution in [0.2, 0.25) is 5.31 Å². The normalized spacial score (nSPS) is 38.8. The smallest absolute Gasteiger partial charge is 0.403 e. The van der Waals surface area contributed by atoms with Gasteiger partial charge in [0.2, 0.25) is 0 Å². The van der Waals surface area contributed by atoms with Gasteiger partial charge in [0.15, 0.2) is 0 Å². The van der Waals surface area contributed by atoms with Crippen molar-refractivity contribution in [1.29, 1.82) is 0 Å². The average Bonchev–Trinajstić information content (AvgIpc) is 2.47. The van der Waals surface area contributed by atoms with E-state index in [1.54, 1.807) is 0 Å². The van der Waals surface area contributed by atoms with E-state index in [9.17, 15) is 0 Å². The molecule has 2 nitrogen and oxygen atoms in total. The maximum Gasteiger partial charge on any atom is 0.464 e. The van der Waals surface area contributed by atoms with Crippen LogP contribution in [-0.4, -0.2) is 18.3 Å². The third-order valence-electron chi connectivity index (χ3n) is 6.27. The molecule has 0 N–H and O–H groups in total. The highest BCUT2D eigenvalue weighted by atomic mass is 79.9. The molecule has 0 unspecified atom stereocenters. The molecule has 5 rings (SSSR count). The molecule has 1 heterocycles. The Hall–Kier alpha value is -0.315. The minimum Gasteiger partial charge on any atom is -0.403 e. The summed E-state index contributed by atoms with van der Waals surface area (Å²) in [6.45, 7) is 8.56. The zero-order valence-corrected chi connectivity index (χ0v) is 14.8. The fraction of sp³-hybridized carbons (Fsp3) is 0.647. The van der Waals surface area contributed by atoms with Crippen LogP contribution in [0.1, 0.15) is 52.5 Å². The van der Waals surface area contributed by atoms with Crippen LogP contribution in [0, 0.1) is 0 Å². The summed E-state index contributed by atoms with van der Waals surface area (Å²) in [7, 11) is -0.0353. The highest BCUT2D eigenvalue weighted by molar-refractivity contribution is 9.10. The van der Waals surface area contributed by atoms with Crippen molar-refractivity contribution in [2.24, 2.45) is 0 Å². The molecule has 4 heteroatoms. The third kappa shape index (κ3) is 1.73. The minimum atomic E-state index is -0.215. The van der Waals surface area contributed by atoms with Crippen molar-refractivity contribution < 1.29 is 9.31 Å². The first-order valence-electron chi connectivity index (χ1n) is 7.81. The standard InChI is InChI=1S/C17H22BBrO2/c1-14(2)15(3,4)21-18(20-14)17-9-16(10-17,11-17)12-7-5-6-8-13(12)19/h5-8H,9-11H2,1-4H3. The zero-order chi connectivity index (χ0) is 15.1. The molecule has 112 valence electrons. The van der Waals surface area contributed by atoms with Crippen LogP contribution in [0.4, 0.5) is 0 Å². The second-order valence-electron chi connectivity index (χ2n) is 8.24. The lowest BCUT2D eigenvalue weighted by Gasteiger charge is -2.71. The van der Waals surface area contributed by atoms with E-state index in [0.717, 1.165) is 0 Å². The molecule has 1 saturated heterocycles. The highest BCUT2D eigenvalue weighted by Crippen LogP contribution is 2.81. The molecule has 0 radical (unpaired) electrons. The summed E-state index contributed by atoms with van der Waals surface area (Å²) >= 11 is 3.71. The van der Waals surface area contributed by atoms with Gasteiger partial charge in [-0.05, 0) is 64.0 Å². The Labute approximate surface area is 135 Å². The second-order valence-corrected chi connectivity index (χ2v) is 9.10. The molecule has 21 heavy (non-hydrogen) atoms. The second kappa shape index (κ2) is 3.96. The predicted octanol–water partition coefficient (Wildman–Crippen LogP) is 4.72. The van der Waals surface area contributed by atoms with Crippen LogP contribution in [0.3, 0.4) is 0 Å². The third-order valence-corrected chi connectivity index (χ3v) is 6.96. The minimum absolute atomic E-state index is 0.0353. The van der Waals surface area contributed by atoms with Gasteiger partial charge in [0.25, 0.3) is 0 Å². The van der Waals surface area contributed by atoms with Crippen molar-refractivity contribution in [3.63, 3.8) is 0 Å². The van der Waals surface area contributed by atoms with E-state index < -0.39 is 0 Å². The Morgan fingerprint density at radius 1 is 0.952 bits per heavy atom. The maximum absolute atomic E-state index is 6.29. The maximum atomic E-state index is 6.29. The summed E-state index contributed by atoms with van der Waals surface area (Å²) < 4.78 is 13.8. The number of benzene rings is 1. The lowest BCUT2D eigenvalue weighted by atomic mass is 9.23. The number of hydrogen-bond acceptors (Lipinski definition) is 2. The van der Waals surface area contributed by atoms with Gasteiger partial charge >= 0.3 is 7.12 Å². The first kappa shape index (κ1) is 14.3. The van der Waals surface area contributed by atoms with Crippen LogP contribution in [0.5, 0.6) is 0 Å². The molecular formula is C17H22BBrO2. The van der Waals surface area contributed by atoms with Crippen LogP contribution < -0.4 is 0 Å². The van der Waals surface area contributed by atoms with Crippen molar-refractivity contribution in [3.05, 3.63) is 34.3 Å². The molecule has 1 aromatic rings. The number of halogens is 1. The topological polar surface area (TPSA) is 18.5 Å². The average molecular weight is 349 g/mol. The molecule has 3 saturated carbocycles. The molecule has 0 atom stereocenters. The van der Waals surface area contributed by atoms with Gasteiger partial charge in [-0.3, -0.25) is 0 Å². The lowest BCUT2D eigenvalue weighted by molar-refractivity contribution is -0.0388. The number of rotatable bonds is 2. The van der Waals surface area contributed by atoms with E-state index >= 15 is 0 Å². The molecule has 0 spiro atoms. The van der Waals surface area contributed by atoms with Crippen LogP contribution in [-0.2, 0) is 14.7 Å². The SMILES string of the molecule is CC1(C)OB(C23CC(c4ccccc4Br)(C2)C3)OC1(C)C. The molecule has 0 amide bonds. The van der Waals surface area contributed by atoms with Crippen LogP contribution in [0.25, 0.3) is 0 Å². The van der Waals surface area contributed by atoms with Crippen molar-refractivity contribution in [3.8, 4) is 0 Å². The van der Waals surface area contributed by atoms with Gasteiger partial charge in [0.1, 0.15) is 0 Å². The fourth-order valence-electron chi connectivity index (χ4n) is 4.39. The van der Waals surface area contributed by atoms with E-state index in [2.05, 4.69) is 67.9 Å². The summed E-state index contributed by atoms with van der Waals surface area (Å²) in [5.74, 6) is 0. The Kier molecular flexibility index (Phi) is 2.69. The first-order chi connectivity index (χ1) is 9.70. The van der Waals surface area contributed by atoms with Gasteiger partial charge in [-0.1, -0.05) is 34.1 Å². The Balaban J connectivity index is 1.53. The highest BCUT2D eigenvalue weighted by Gasteiger charge is 2.77. The van der Waals surface area contributed by atoms with Gasteiger partial charge in [-0.15, -0.1) is 0 Å². The molecule has 1 aliphatic heterocycles. The monoisotopic (exact) mass is 348 g/mol. The molecule has 3 aliphatic carbocycles. The summed E-state index contributed by atoms with van der Waals surface area (Å²) in [6, 6.07) is 8.64. The Morgan fingerprint density at radius 3 is 2.00 bits per heavy atom. The molecular weight excluding hydrogens is 327 g/mol. The molecule has 1 aromatic carbocycles. The number of hydrogen-bond donors (Lipinski definition) is 0. The van der Waals surface area contributed by atoms with Gasteiger partial charge in [0, 0.05) is 9.79 Å². The Morgan fingerprint density at radius 2 is 1.48 bits per heavy atom. The fourth-order valence-corrected chi connectivity index (χ4v) is 5.09. The largest absolute Gasteiger partial charge is 0.464 e. The molecule has 2 bridgehead atoms.